The Hall–Kier alpha value is -2.19. The third-order valence-corrected chi connectivity index (χ3v) is 7.98. The van der Waals surface area contributed by atoms with E-state index >= 15 is 0 Å². The van der Waals surface area contributed by atoms with Crippen molar-refractivity contribution in [1.29, 1.82) is 0 Å². The largest absolute Gasteiger partial charge is 0.364 e. The number of sulfonamides is 1. The van der Waals surface area contributed by atoms with Crippen LogP contribution in [0.5, 0.6) is 0 Å². The first-order valence-corrected chi connectivity index (χ1v) is 11.2. The minimum Gasteiger partial charge on any atom is -0.364 e. The molecule has 0 aliphatic carbocycles. The van der Waals surface area contributed by atoms with E-state index in [1.165, 1.54) is 16.5 Å². The summed E-state index contributed by atoms with van der Waals surface area (Å²) in [7, 11) is -3.52. The number of benzene rings is 1. The van der Waals surface area contributed by atoms with Crippen LogP contribution in [-0.2, 0) is 10.0 Å². The maximum Gasteiger partial charge on any atom is 0.236 e. The standard InChI is InChI=1S/C21H25F2N3O2S/c1-21(2,3)29(27,28)26-10-7-19-14-18(6-9-25(19)26)24-8-4-5-20(24)15-11-16(22)13-17(23)12-15/h6-7,9,11-14,20H,4-5,8,10H2,1-3H3/t20-/m1/s1. The van der Waals surface area contributed by atoms with Crippen LogP contribution < -0.4 is 0 Å². The van der Waals surface area contributed by atoms with Gasteiger partial charge in [-0.15, -0.1) is 4.41 Å². The first-order chi connectivity index (χ1) is 13.6. The van der Waals surface area contributed by atoms with E-state index in [-0.39, 0.29) is 12.6 Å². The van der Waals surface area contributed by atoms with E-state index in [9.17, 15) is 17.2 Å². The minimum atomic E-state index is -3.52. The van der Waals surface area contributed by atoms with E-state index in [1.54, 1.807) is 32.0 Å². The zero-order chi connectivity index (χ0) is 21.0. The second-order valence-electron chi connectivity index (χ2n) is 8.53. The van der Waals surface area contributed by atoms with Crippen molar-refractivity contribution >= 4 is 10.0 Å². The highest BCUT2D eigenvalue weighted by molar-refractivity contribution is 7.90. The molecule has 0 N–H and O–H groups in total. The van der Waals surface area contributed by atoms with Gasteiger partial charge in [0.25, 0.3) is 0 Å². The molecule has 0 bridgehead atoms. The quantitative estimate of drug-likeness (QED) is 0.738. The topological polar surface area (TPSA) is 43.9 Å². The van der Waals surface area contributed by atoms with E-state index in [4.69, 9.17) is 0 Å². The van der Waals surface area contributed by atoms with Crippen molar-refractivity contribution in [3.8, 4) is 0 Å². The van der Waals surface area contributed by atoms with Crippen molar-refractivity contribution in [1.82, 2.24) is 14.3 Å². The molecule has 0 saturated carbocycles. The normalized spacial score (nSPS) is 22.7. The van der Waals surface area contributed by atoms with Gasteiger partial charge < -0.3 is 4.90 Å². The molecule has 1 aromatic carbocycles. The monoisotopic (exact) mass is 421 g/mol. The molecule has 1 fully saturated rings. The van der Waals surface area contributed by atoms with Gasteiger partial charge in [-0.05, 0) is 69.5 Å². The average Bonchev–Trinajstić information content (AvgIpc) is 3.26. The van der Waals surface area contributed by atoms with Crippen LogP contribution in [0.25, 0.3) is 0 Å². The number of rotatable bonds is 3. The van der Waals surface area contributed by atoms with Crippen LogP contribution in [0, 0.1) is 11.6 Å². The van der Waals surface area contributed by atoms with Gasteiger partial charge in [0.1, 0.15) is 11.6 Å². The van der Waals surface area contributed by atoms with E-state index in [1.807, 2.05) is 18.2 Å². The van der Waals surface area contributed by atoms with Crippen molar-refractivity contribution in [2.24, 2.45) is 0 Å². The van der Waals surface area contributed by atoms with Crippen molar-refractivity contribution in [2.45, 2.75) is 44.4 Å². The molecule has 0 radical (unpaired) electrons. The molecule has 4 rings (SSSR count). The lowest BCUT2D eigenvalue weighted by molar-refractivity contribution is 0.200. The molecule has 3 aliphatic heterocycles. The molecule has 0 unspecified atom stereocenters. The molecule has 29 heavy (non-hydrogen) atoms. The fraction of sp³-hybridized carbons (Fsp3) is 0.429. The fourth-order valence-electron chi connectivity index (χ4n) is 4.01. The zero-order valence-electron chi connectivity index (χ0n) is 16.8. The van der Waals surface area contributed by atoms with Crippen molar-refractivity contribution in [2.75, 3.05) is 13.1 Å². The summed E-state index contributed by atoms with van der Waals surface area (Å²) in [4.78, 5) is 2.13. The third-order valence-electron chi connectivity index (χ3n) is 5.55. The van der Waals surface area contributed by atoms with Gasteiger partial charge >= 0.3 is 0 Å². The Labute approximate surface area is 170 Å². The molecule has 0 amide bonds. The van der Waals surface area contributed by atoms with Gasteiger partial charge in [0.15, 0.2) is 0 Å². The lowest BCUT2D eigenvalue weighted by Gasteiger charge is -2.36. The maximum absolute atomic E-state index is 13.7. The number of nitrogens with zero attached hydrogens (tertiary/aromatic N) is 3. The Balaban J connectivity index is 1.59. The van der Waals surface area contributed by atoms with E-state index in [0.29, 0.717) is 5.56 Å². The molecular formula is C21H25F2N3O2S. The van der Waals surface area contributed by atoms with E-state index in [2.05, 4.69) is 4.90 Å². The second kappa shape index (κ2) is 6.95. The van der Waals surface area contributed by atoms with Crippen LogP contribution in [0.3, 0.4) is 0 Å². The average molecular weight is 422 g/mol. The number of hydrogen-bond acceptors (Lipinski definition) is 4. The maximum atomic E-state index is 13.7. The van der Waals surface area contributed by atoms with Gasteiger partial charge in [0.2, 0.25) is 10.0 Å². The first-order valence-electron chi connectivity index (χ1n) is 9.72. The minimum absolute atomic E-state index is 0.112. The Morgan fingerprint density at radius 3 is 2.41 bits per heavy atom. The Morgan fingerprint density at radius 1 is 1.07 bits per heavy atom. The lowest BCUT2D eigenvalue weighted by atomic mass is 10.0. The van der Waals surface area contributed by atoms with Gasteiger partial charge in [0, 0.05) is 24.5 Å². The molecule has 1 aromatic rings. The van der Waals surface area contributed by atoms with Crippen LogP contribution in [0.4, 0.5) is 8.78 Å². The molecule has 0 aromatic heterocycles. The van der Waals surface area contributed by atoms with Crippen LogP contribution in [0.1, 0.15) is 45.2 Å². The van der Waals surface area contributed by atoms with Crippen LogP contribution in [-0.4, -0.2) is 40.6 Å². The van der Waals surface area contributed by atoms with Gasteiger partial charge in [-0.1, -0.05) is 0 Å². The molecule has 8 heteroatoms. The Morgan fingerprint density at radius 2 is 1.76 bits per heavy atom. The Kier molecular flexibility index (Phi) is 4.82. The SMILES string of the molecule is CC(C)(C)S(=O)(=O)N1CC=C2C=C(N3CCC[C@@H]3c3cc(F)cc(F)c3)C=CN21. The summed E-state index contributed by atoms with van der Waals surface area (Å²) in [5.74, 6) is -1.15. The molecule has 3 heterocycles. The number of hydrazine groups is 1. The number of hydrogen-bond donors (Lipinski definition) is 0. The summed E-state index contributed by atoms with van der Waals surface area (Å²) in [5.41, 5.74) is 2.31. The van der Waals surface area contributed by atoms with Gasteiger partial charge in [0.05, 0.1) is 23.0 Å². The van der Waals surface area contributed by atoms with Gasteiger partial charge in [-0.2, -0.15) is 0 Å². The number of likely N-dealkylation sites (tertiary alicyclic amines) is 1. The third kappa shape index (κ3) is 3.48. The van der Waals surface area contributed by atoms with Crippen LogP contribution in [0.2, 0.25) is 0 Å². The van der Waals surface area contributed by atoms with Crippen molar-refractivity contribution in [3.63, 3.8) is 0 Å². The molecule has 3 aliphatic rings. The van der Waals surface area contributed by atoms with Crippen molar-refractivity contribution in [3.05, 3.63) is 71.2 Å². The molecule has 0 spiro atoms. The molecule has 5 nitrogen and oxygen atoms in total. The molecule has 1 atom stereocenters. The number of fused-ring (bicyclic) bond motifs is 1. The fourth-order valence-corrected chi connectivity index (χ4v) is 5.30. The predicted molar refractivity (Wildman–Crippen MR) is 108 cm³/mol. The summed E-state index contributed by atoms with van der Waals surface area (Å²) in [6, 6.07) is 3.54. The summed E-state index contributed by atoms with van der Waals surface area (Å²) in [5, 5.41) is 1.65. The highest BCUT2D eigenvalue weighted by Crippen LogP contribution is 2.39. The summed E-state index contributed by atoms with van der Waals surface area (Å²) in [6.45, 7) is 6.10. The predicted octanol–water partition coefficient (Wildman–Crippen LogP) is 4.06. The Bertz CT molecular complexity index is 1000. The van der Waals surface area contributed by atoms with Gasteiger partial charge in [-0.25, -0.2) is 17.2 Å². The number of halogens is 2. The zero-order valence-corrected chi connectivity index (χ0v) is 17.6. The van der Waals surface area contributed by atoms with Crippen LogP contribution in [0.15, 0.2) is 54.0 Å². The first kappa shape index (κ1) is 20.1. The molecule has 156 valence electrons. The second-order valence-corrected chi connectivity index (χ2v) is 11.1. The van der Waals surface area contributed by atoms with Gasteiger partial charge in [-0.3, -0.25) is 5.01 Å². The number of allylic oxidation sites excluding steroid dienone is 2. The highest BCUT2D eigenvalue weighted by atomic mass is 32.2. The summed E-state index contributed by atoms with van der Waals surface area (Å²) < 4.78 is 53.6. The summed E-state index contributed by atoms with van der Waals surface area (Å²) >= 11 is 0. The molecular weight excluding hydrogens is 396 g/mol. The van der Waals surface area contributed by atoms with E-state index in [0.717, 1.165) is 36.8 Å². The van der Waals surface area contributed by atoms with E-state index < -0.39 is 26.4 Å². The summed E-state index contributed by atoms with van der Waals surface area (Å²) in [6.07, 6.45) is 9.15. The molecule has 1 saturated heterocycles. The van der Waals surface area contributed by atoms with Crippen LogP contribution >= 0.6 is 0 Å². The highest BCUT2D eigenvalue weighted by Gasteiger charge is 2.41. The smallest absolute Gasteiger partial charge is 0.236 e. The van der Waals surface area contributed by atoms with Crippen molar-refractivity contribution < 1.29 is 17.2 Å². The lowest BCUT2D eigenvalue weighted by Crippen LogP contribution is -2.47.